The Morgan fingerprint density at radius 1 is 1.22 bits per heavy atom. The van der Waals surface area contributed by atoms with Crippen LogP contribution in [-0.2, 0) is 9.53 Å². The number of hydrogen-bond acceptors (Lipinski definition) is 3. The number of hydrogen-bond donors (Lipinski definition) is 1. The van der Waals surface area contributed by atoms with Gasteiger partial charge in [0.2, 0.25) is 5.91 Å². The Balaban J connectivity index is 0.00000162. The molecule has 1 unspecified atom stereocenters. The molecule has 0 saturated carbocycles. The SMILES string of the molecule is Cl.O=C(CCC1CCCCO1)N1CCCNCC1. The first-order valence-corrected chi connectivity index (χ1v) is 6.96. The Kier molecular flexibility index (Phi) is 7.63. The van der Waals surface area contributed by atoms with Crippen molar-refractivity contribution in [3.8, 4) is 0 Å². The van der Waals surface area contributed by atoms with Crippen LogP contribution in [0.15, 0.2) is 0 Å². The summed E-state index contributed by atoms with van der Waals surface area (Å²) < 4.78 is 5.66. The van der Waals surface area contributed by atoms with Gasteiger partial charge in [-0.1, -0.05) is 0 Å². The maximum Gasteiger partial charge on any atom is 0.222 e. The van der Waals surface area contributed by atoms with E-state index >= 15 is 0 Å². The van der Waals surface area contributed by atoms with Crippen molar-refractivity contribution < 1.29 is 9.53 Å². The largest absolute Gasteiger partial charge is 0.378 e. The molecule has 0 bridgehead atoms. The molecule has 106 valence electrons. The molecule has 1 amide bonds. The molecule has 2 rings (SSSR count). The van der Waals surface area contributed by atoms with Gasteiger partial charge in [0.25, 0.3) is 0 Å². The first-order chi connectivity index (χ1) is 8.36. The summed E-state index contributed by atoms with van der Waals surface area (Å²) in [6.45, 7) is 4.63. The fraction of sp³-hybridized carbons (Fsp3) is 0.923. The van der Waals surface area contributed by atoms with Gasteiger partial charge in [0, 0.05) is 32.7 Å². The highest BCUT2D eigenvalue weighted by Gasteiger charge is 2.19. The lowest BCUT2D eigenvalue weighted by molar-refractivity contribution is -0.132. The summed E-state index contributed by atoms with van der Waals surface area (Å²) in [7, 11) is 0. The van der Waals surface area contributed by atoms with Crippen LogP contribution in [0.4, 0.5) is 0 Å². The summed E-state index contributed by atoms with van der Waals surface area (Å²) in [6.07, 6.45) is 6.54. The lowest BCUT2D eigenvalue weighted by Gasteiger charge is -2.24. The van der Waals surface area contributed by atoms with Gasteiger partial charge in [0.15, 0.2) is 0 Å². The molecule has 0 aliphatic carbocycles. The zero-order chi connectivity index (χ0) is 11.9. The van der Waals surface area contributed by atoms with Gasteiger partial charge in [0.1, 0.15) is 0 Å². The Bertz CT molecular complexity index is 237. The van der Waals surface area contributed by atoms with Crippen molar-refractivity contribution in [2.24, 2.45) is 0 Å². The smallest absolute Gasteiger partial charge is 0.222 e. The van der Waals surface area contributed by atoms with Gasteiger partial charge < -0.3 is 15.0 Å². The van der Waals surface area contributed by atoms with Crippen LogP contribution in [0, 0.1) is 0 Å². The van der Waals surface area contributed by atoms with Crippen LogP contribution < -0.4 is 5.32 Å². The van der Waals surface area contributed by atoms with Crippen LogP contribution in [0.3, 0.4) is 0 Å². The van der Waals surface area contributed by atoms with Crippen LogP contribution >= 0.6 is 12.4 Å². The van der Waals surface area contributed by atoms with Crippen molar-refractivity contribution in [3.05, 3.63) is 0 Å². The van der Waals surface area contributed by atoms with Crippen molar-refractivity contribution in [2.45, 2.75) is 44.6 Å². The Labute approximate surface area is 116 Å². The normalized spacial score (nSPS) is 25.1. The second-order valence-electron chi connectivity index (χ2n) is 5.01. The second-order valence-corrected chi connectivity index (χ2v) is 5.01. The molecule has 2 aliphatic rings. The average molecular weight is 277 g/mol. The molecule has 0 radical (unpaired) electrons. The average Bonchev–Trinajstić information content (AvgIpc) is 2.66. The fourth-order valence-corrected chi connectivity index (χ4v) is 2.57. The van der Waals surface area contributed by atoms with Crippen LogP contribution in [0.1, 0.15) is 38.5 Å². The quantitative estimate of drug-likeness (QED) is 0.851. The molecule has 5 heteroatoms. The Morgan fingerprint density at radius 2 is 2.11 bits per heavy atom. The standard InChI is InChI=1S/C13H24N2O2.ClH/c16-13(15-9-3-7-14-8-10-15)6-5-12-4-1-2-11-17-12;/h12,14H,1-11H2;1H. The first kappa shape index (κ1) is 15.7. The van der Waals surface area contributed by atoms with E-state index in [2.05, 4.69) is 5.32 Å². The van der Waals surface area contributed by atoms with E-state index in [1.54, 1.807) is 0 Å². The van der Waals surface area contributed by atoms with Gasteiger partial charge in [-0.15, -0.1) is 12.4 Å². The minimum atomic E-state index is 0. The molecule has 1 atom stereocenters. The summed E-state index contributed by atoms with van der Waals surface area (Å²) in [6, 6.07) is 0. The molecule has 2 saturated heterocycles. The summed E-state index contributed by atoms with van der Waals surface area (Å²) >= 11 is 0. The van der Waals surface area contributed by atoms with Crippen LogP contribution in [-0.4, -0.2) is 49.7 Å². The number of carbonyl (C=O) groups is 1. The highest BCUT2D eigenvalue weighted by Crippen LogP contribution is 2.17. The van der Waals surface area contributed by atoms with Crippen LogP contribution in [0.25, 0.3) is 0 Å². The van der Waals surface area contributed by atoms with Crippen molar-refractivity contribution in [2.75, 3.05) is 32.8 Å². The molecule has 1 N–H and O–H groups in total. The number of halogens is 1. The van der Waals surface area contributed by atoms with E-state index in [-0.39, 0.29) is 12.4 Å². The first-order valence-electron chi connectivity index (χ1n) is 6.96. The lowest BCUT2D eigenvalue weighted by Crippen LogP contribution is -2.34. The molecule has 18 heavy (non-hydrogen) atoms. The van der Waals surface area contributed by atoms with Gasteiger partial charge in [-0.05, 0) is 38.6 Å². The van der Waals surface area contributed by atoms with E-state index in [1.165, 1.54) is 12.8 Å². The van der Waals surface area contributed by atoms with E-state index in [4.69, 9.17) is 4.74 Å². The minimum Gasteiger partial charge on any atom is -0.378 e. The molecule has 0 spiro atoms. The number of ether oxygens (including phenoxy) is 1. The molecule has 2 fully saturated rings. The van der Waals surface area contributed by atoms with E-state index in [0.717, 1.165) is 52.0 Å². The van der Waals surface area contributed by atoms with Crippen molar-refractivity contribution in [3.63, 3.8) is 0 Å². The lowest BCUT2D eigenvalue weighted by atomic mass is 10.0. The van der Waals surface area contributed by atoms with Gasteiger partial charge in [-0.3, -0.25) is 4.79 Å². The second kappa shape index (κ2) is 8.73. The molecule has 2 aliphatic heterocycles. The molecule has 2 heterocycles. The monoisotopic (exact) mass is 276 g/mol. The number of nitrogens with zero attached hydrogens (tertiary/aromatic N) is 1. The van der Waals surface area contributed by atoms with E-state index < -0.39 is 0 Å². The number of rotatable bonds is 3. The van der Waals surface area contributed by atoms with Crippen LogP contribution in [0.5, 0.6) is 0 Å². The Hall–Kier alpha value is -0.320. The summed E-state index contributed by atoms with van der Waals surface area (Å²) in [5.41, 5.74) is 0. The summed E-state index contributed by atoms with van der Waals surface area (Å²) in [4.78, 5) is 14.0. The van der Waals surface area contributed by atoms with Crippen LogP contribution in [0.2, 0.25) is 0 Å². The molecule has 0 aromatic carbocycles. The molecular formula is C13H25ClN2O2. The van der Waals surface area contributed by atoms with E-state index in [0.29, 0.717) is 18.4 Å². The van der Waals surface area contributed by atoms with Gasteiger partial charge in [-0.25, -0.2) is 0 Å². The van der Waals surface area contributed by atoms with Crippen molar-refractivity contribution in [1.82, 2.24) is 10.2 Å². The Morgan fingerprint density at radius 3 is 2.89 bits per heavy atom. The highest BCUT2D eigenvalue weighted by atomic mass is 35.5. The zero-order valence-corrected chi connectivity index (χ0v) is 11.8. The fourth-order valence-electron chi connectivity index (χ4n) is 2.57. The topological polar surface area (TPSA) is 41.6 Å². The molecule has 0 aromatic heterocycles. The minimum absolute atomic E-state index is 0. The predicted molar refractivity (Wildman–Crippen MR) is 74.1 cm³/mol. The number of carbonyl (C=O) groups excluding carboxylic acids is 1. The maximum atomic E-state index is 12.0. The third-order valence-corrected chi connectivity index (χ3v) is 3.65. The summed E-state index contributed by atoms with van der Waals surface area (Å²) in [5.74, 6) is 0.308. The van der Waals surface area contributed by atoms with Gasteiger partial charge >= 0.3 is 0 Å². The van der Waals surface area contributed by atoms with Crippen molar-refractivity contribution >= 4 is 18.3 Å². The maximum absolute atomic E-state index is 12.0. The third kappa shape index (κ3) is 5.12. The highest BCUT2D eigenvalue weighted by molar-refractivity contribution is 5.85. The van der Waals surface area contributed by atoms with E-state index in [9.17, 15) is 4.79 Å². The third-order valence-electron chi connectivity index (χ3n) is 3.65. The molecular weight excluding hydrogens is 252 g/mol. The summed E-state index contributed by atoms with van der Waals surface area (Å²) in [5, 5.41) is 3.32. The van der Waals surface area contributed by atoms with E-state index in [1.807, 2.05) is 4.90 Å². The van der Waals surface area contributed by atoms with Gasteiger partial charge in [-0.2, -0.15) is 0 Å². The number of amides is 1. The van der Waals surface area contributed by atoms with Gasteiger partial charge in [0.05, 0.1) is 6.10 Å². The zero-order valence-electron chi connectivity index (χ0n) is 11.0. The molecule has 4 nitrogen and oxygen atoms in total. The predicted octanol–water partition coefficient (Wildman–Crippen LogP) is 1.58. The van der Waals surface area contributed by atoms with Crippen molar-refractivity contribution in [1.29, 1.82) is 0 Å². The molecule has 0 aromatic rings. The number of nitrogens with one attached hydrogen (secondary N) is 1.